The van der Waals surface area contributed by atoms with Crippen molar-refractivity contribution in [3.63, 3.8) is 0 Å². The topological polar surface area (TPSA) is 85.4 Å². The van der Waals surface area contributed by atoms with Crippen LogP contribution in [0.3, 0.4) is 0 Å². The molecule has 1 amide bonds. The molecule has 3 fully saturated rings. The zero-order valence-corrected chi connectivity index (χ0v) is 17.4. The summed E-state index contributed by atoms with van der Waals surface area (Å²) in [4.78, 5) is 19.5. The number of carbonyl (C=O) groups excluding carboxylic acids is 1. The fourth-order valence-electron chi connectivity index (χ4n) is 5.64. The number of ether oxygens (including phenoxy) is 1. The van der Waals surface area contributed by atoms with Crippen molar-refractivity contribution in [3.05, 3.63) is 35.2 Å². The summed E-state index contributed by atoms with van der Waals surface area (Å²) in [5.74, 6) is 2.68. The van der Waals surface area contributed by atoms with Gasteiger partial charge in [0.1, 0.15) is 11.6 Å². The van der Waals surface area contributed by atoms with Crippen LogP contribution in [0.25, 0.3) is 0 Å². The number of hydrogen-bond donors (Lipinski definition) is 1. The molecule has 5 rings (SSSR count). The summed E-state index contributed by atoms with van der Waals surface area (Å²) in [6, 6.07) is 0. The number of hydrogen-bond acceptors (Lipinski definition) is 6. The molecule has 29 heavy (non-hydrogen) atoms. The zero-order chi connectivity index (χ0) is 20.2. The highest BCUT2D eigenvalue weighted by Crippen LogP contribution is 2.54. The predicted molar refractivity (Wildman–Crippen MR) is 105 cm³/mol. The maximum Gasteiger partial charge on any atom is 0.224 e. The summed E-state index contributed by atoms with van der Waals surface area (Å²) in [6.07, 6.45) is 6.66. The highest BCUT2D eigenvalue weighted by atomic mass is 16.5. The Morgan fingerprint density at radius 1 is 1.41 bits per heavy atom. The van der Waals surface area contributed by atoms with Crippen LogP contribution in [0.2, 0.25) is 0 Å². The van der Waals surface area contributed by atoms with E-state index < -0.39 is 0 Å². The fourth-order valence-corrected chi connectivity index (χ4v) is 5.64. The summed E-state index contributed by atoms with van der Waals surface area (Å²) < 4.78 is 13.8. The molecule has 8 nitrogen and oxygen atoms in total. The van der Waals surface area contributed by atoms with Crippen LogP contribution >= 0.6 is 0 Å². The molecule has 0 aromatic carbocycles. The lowest BCUT2D eigenvalue weighted by molar-refractivity contribution is -0.120. The molecular weight excluding hydrogens is 370 g/mol. The number of fused-ring (bicyclic) bond motifs is 1. The zero-order valence-electron chi connectivity index (χ0n) is 17.4. The number of nitrogens with one attached hydrogen (secondary N) is 1. The second-order valence-electron chi connectivity index (χ2n) is 8.94. The van der Waals surface area contributed by atoms with Gasteiger partial charge in [-0.25, -0.2) is 4.98 Å². The third-order valence-corrected chi connectivity index (χ3v) is 7.19. The van der Waals surface area contributed by atoms with Crippen molar-refractivity contribution >= 4 is 5.91 Å². The van der Waals surface area contributed by atoms with Gasteiger partial charge in [0, 0.05) is 56.5 Å². The Morgan fingerprint density at radius 3 is 3.00 bits per heavy atom. The van der Waals surface area contributed by atoms with Crippen LogP contribution in [-0.4, -0.2) is 56.9 Å². The van der Waals surface area contributed by atoms with Crippen molar-refractivity contribution in [3.8, 4) is 0 Å². The molecule has 5 heterocycles. The van der Waals surface area contributed by atoms with Gasteiger partial charge in [-0.15, -0.1) is 0 Å². The van der Waals surface area contributed by atoms with E-state index in [0.29, 0.717) is 24.8 Å². The summed E-state index contributed by atoms with van der Waals surface area (Å²) >= 11 is 0. The van der Waals surface area contributed by atoms with Crippen molar-refractivity contribution in [1.82, 2.24) is 24.9 Å². The van der Waals surface area contributed by atoms with E-state index in [0.717, 1.165) is 55.3 Å². The molecule has 1 spiro atoms. The molecule has 3 saturated heterocycles. The summed E-state index contributed by atoms with van der Waals surface area (Å²) in [5.41, 5.74) is 1.65. The molecule has 3 aliphatic heterocycles. The minimum absolute atomic E-state index is 0.0269. The molecule has 0 radical (unpaired) electrons. The molecular formula is C21H29N5O3. The SMILES string of the molecule is Cc1noc(C)c1CC(=O)NC[C@H]1[C@H]2CN(Cc3nccn3C)C[C@]23CC[C@H]1O3. The van der Waals surface area contributed by atoms with Gasteiger partial charge >= 0.3 is 0 Å². The fraction of sp³-hybridized carbons (Fsp3) is 0.667. The lowest BCUT2D eigenvalue weighted by Crippen LogP contribution is -2.42. The molecule has 0 saturated carbocycles. The van der Waals surface area contributed by atoms with Crippen LogP contribution in [0.4, 0.5) is 0 Å². The highest BCUT2D eigenvalue weighted by molar-refractivity contribution is 5.79. The Hall–Kier alpha value is -2.19. The molecule has 156 valence electrons. The van der Waals surface area contributed by atoms with E-state index in [1.54, 1.807) is 0 Å². The van der Waals surface area contributed by atoms with E-state index in [1.165, 1.54) is 0 Å². The summed E-state index contributed by atoms with van der Waals surface area (Å²) in [6.45, 7) is 7.22. The Bertz CT molecular complexity index is 902. The number of carbonyl (C=O) groups is 1. The molecule has 1 N–H and O–H groups in total. The second kappa shape index (κ2) is 6.95. The standard InChI is InChI=1S/C21H29N5O3/c1-13-15(14(2)29-24-13)8-20(27)23-9-16-17-10-26(11-19-22-6-7-25(19)3)12-21(17)5-4-18(16)28-21/h6-7,16-18H,4-5,8-12H2,1-3H3,(H,23,27)/t16-,17+,18+,21+/m0/s1. The second-order valence-corrected chi connectivity index (χ2v) is 8.94. The van der Waals surface area contributed by atoms with Gasteiger partial charge in [-0.2, -0.15) is 0 Å². The Labute approximate surface area is 170 Å². The number of rotatable bonds is 6. The van der Waals surface area contributed by atoms with Gasteiger partial charge in [0.2, 0.25) is 5.91 Å². The lowest BCUT2D eigenvalue weighted by Gasteiger charge is -2.29. The van der Waals surface area contributed by atoms with Crippen LogP contribution in [0.1, 0.15) is 35.7 Å². The number of aromatic nitrogens is 3. The molecule has 2 aromatic rings. The first-order valence-corrected chi connectivity index (χ1v) is 10.5. The van der Waals surface area contributed by atoms with Crippen LogP contribution in [0, 0.1) is 25.7 Å². The van der Waals surface area contributed by atoms with Crippen LogP contribution < -0.4 is 5.32 Å². The number of amides is 1. The first kappa shape index (κ1) is 18.8. The predicted octanol–water partition coefficient (Wildman–Crippen LogP) is 1.36. The monoisotopic (exact) mass is 399 g/mol. The van der Waals surface area contributed by atoms with E-state index in [-0.39, 0.29) is 17.6 Å². The summed E-state index contributed by atoms with van der Waals surface area (Å²) in [5, 5.41) is 7.10. The van der Waals surface area contributed by atoms with E-state index in [2.05, 4.69) is 24.9 Å². The van der Waals surface area contributed by atoms with E-state index in [4.69, 9.17) is 9.26 Å². The minimum atomic E-state index is -0.0348. The lowest BCUT2D eigenvalue weighted by atomic mass is 9.73. The Morgan fingerprint density at radius 2 is 2.28 bits per heavy atom. The largest absolute Gasteiger partial charge is 0.370 e. The normalized spacial score (nSPS) is 30.8. The van der Waals surface area contributed by atoms with Gasteiger partial charge in [0.25, 0.3) is 0 Å². The summed E-state index contributed by atoms with van der Waals surface area (Å²) in [7, 11) is 2.04. The van der Waals surface area contributed by atoms with E-state index >= 15 is 0 Å². The molecule has 0 unspecified atom stereocenters. The number of aryl methyl sites for hydroxylation is 3. The number of likely N-dealkylation sites (tertiary alicyclic amines) is 1. The van der Waals surface area contributed by atoms with Crippen LogP contribution in [0.15, 0.2) is 16.9 Å². The number of nitrogens with zero attached hydrogens (tertiary/aromatic N) is 4. The smallest absolute Gasteiger partial charge is 0.224 e. The van der Waals surface area contributed by atoms with Crippen molar-refractivity contribution in [2.45, 2.75) is 51.4 Å². The van der Waals surface area contributed by atoms with Crippen molar-refractivity contribution in [2.75, 3.05) is 19.6 Å². The molecule has 8 heteroatoms. The van der Waals surface area contributed by atoms with Crippen molar-refractivity contribution in [2.24, 2.45) is 18.9 Å². The van der Waals surface area contributed by atoms with Crippen LogP contribution in [0.5, 0.6) is 0 Å². The maximum atomic E-state index is 12.5. The van der Waals surface area contributed by atoms with E-state index in [9.17, 15) is 4.79 Å². The van der Waals surface area contributed by atoms with E-state index in [1.807, 2.05) is 33.3 Å². The first-order chi connectivity index (χ1) is 13.9. The molecule has 4 atom stereocenters. The van der Waals surface area contributed by atoms with Gasteiger partial charge in [-0.05, 0) is 26.7 Å². The van der Waals surface area contributed by atoms with Gasteiger partial charge in [0.15, 0.2) is 0 Å². The van der Waals surface area contributed by atoms with Crippen LogP contribution in [-0.2, 0) is 29.5 Å². The number of imidazole rings is 1. The van der Waals surface area contributed by atoms with Gasteiger partial charge in [0.05, 0.1) is 30.4 Å². The van der Waals surface area contributed by atoms with Gasteiger partial charge in [-0.1, -0.05) is 5.16 Å². The Balaban J connectivity index is 1.21. The van der Waals surface area contributed by atoms with Crippen molar-refractivity contribution in [1.29, 1.82) is 0 Å². The average molecular weight is 399 g/mol. The molecule has 0 aliphatic carbocycles. The van der Waals surface area contributed by atoms with Gasteiger partial charge in [-0.3, -0.25) is 9.69 Å². The first-order valence-electron chi connectivity index (χ1n) is 10.5. The average Bonchev–Trinajstić information content (AvgIpc) is 3.47. The van der Waals surface area contributed by atoms with Crippen molar-refractivity contribution < 1.29 is 14.1 Å². The highest BCUT2D eigenvalue weighted by Gasteiger charge is 2.62. The minimum Gasteiger partial charge on any atom is -0.370 e. The van der Waals surface area contributed by atoms with Gasteiger partial charge < -0.3 is 19.1 Å². The molecule has 3 aliphatic rings. The third-order valence-electron chi connectivity index (χ3n) is 7.19. The molecule has 2 bridgehead atoms. The quantitative estimate of drug-likeness (QED) is 0.790. The maximum absolute atomic E-state index is 12.5. The third kappa shape index (κ3) is 3.18. The Kier molecular flexibility index (Phi) is 4.51. The molecule has 2 aromatic heterocycles.